The number of hydrogen-bond donors (Lipinski definition) is 0. The van der Waals surface area contributed by atoms with Crippen molar-refractivity contribution in [3.05, 3.63) is 89.2 Å². The largest absolute Gasteiger partial charge is 0.464 e. The molecule has 0 bridgehead atoms. The maximum Gasteiger partial charge on any atom is 0.339 e. The standard InChI is InChI=1S/C35H33ClN4O3S/c1-7-42-34(41)31(43-35(3,4)5)28-20(2)17-26-32(29(28)21-10-13-24(36)14-11-21)44-33(38-26)22-12-15-27-25(18-22)30(39-40(27)6)23-9-8-16-37-19-23/h8-19,31H,7H2,1-6H3. The van der Waals surface area contributed by atoms with Gasteiger partial charge in [0.2, 0.25) is 0 Å². The van der Waals surface area contributed by atoms with Crippen LogP contribution in [0.4, 0.5) is 0 Å². The van der Waals surface area contributed by atoms with E-state index in [1.54, 1.807) is 24.5 Å². The lowest BCUT2D eigenvalue weighted by Gasteiger charge is -2.29. The molecule has 0 saturated heterocycles. The number of pyridine rings is 1. The number of aromatic nitrogens is 4. The van der Waals surface area contributed by atoms with Crippen molar-refractivity contribution in [3.8, 4) is 33.0 Å². The Kier molecular flexibility index (Phi) is 8.01. The fourth-order valence-electron chi connectivity index (χ4n) is 5.49. The van der Waals surface area contributed by atoms with Gasteiger partial charge in [0.05, 0.1) is 27.9 Å². The van der Waals surface area contributed by atoms with Gasteiger partial charge in [-0.15, -0.1) is 11.3 Å². The molecular weight excluding hydrogens is 592 g/mol. The first-order chi connectivity index (χ1) is 21.0. The van der Waals surface area contributed by atoms with Gasteiger partial charge in [-0.2, -0.15) is 5.10 Å². The Morgan fingerprint density at radius 3 is 2.48 bits per heavy atom. The van der Waals surface area contributed by atoms with Crippen LogP contribution in [0.25, 0.3) is 54.1 Å². The van der Waals surface area contributed by atoms with E-state index in [-0.39, 0.29) is 6.61 Å². The molecule has 1 atom stereocenters. The van der Waals surface area contributed by atoms with Crippen LogP contribution >= 0.6 is 22.9 Å². The summed E-state index contributed by atoms with van der Waals surface area (Å²) in [5, 5.41) is 7.31. The molecular formula is C35H33ClN4O3S. The molecule has 44 heavy (non-hydrogen) atoms. The quantitative estimate of drug-likeness (QED) is 0.165. The van der Waals surface area contributed by atoms with E-state index in [2.05, 4.69) is 23.2 Å². The van der Waals surface area contributed by atoms with Crippen molar-refractivity contribution in [1.29, 1.82) is 0 Å². The minimum atomic E-state index is -0.927. The molecule has 224 valence electrons. The highest BCUT2D eigenvalue weighted by Crippen LogP contribution is 2.45. The number of hydrogen-bond acceptors (Lipinski definition) is 7. The van der Waals surface area contributed by atoms with E-state index < -0.39 is 17.7 Å². The summed E-state index contributed by atoms with van der Waals surface area (Å²) in [6.07, 6.45) is 2.66. The zero-order valence-electron chi connectivity index (χ0n) is 25.5. The van der Waals surface area contributed by atoms with Crippen LogP contribution in [0.1, 0.15) is 44.9 Å². The zero-order chi connectivity index (χ0) is 31.2. The van der Waals surface area contributed by atoms with Gasteiger partial charge in [0.15, 0.2) is 6.10 Å². The van der Waals surface area contributed by atoms with Crippen molar-refractivity contribution in [2.24, 2.45) is 7.05 Å². The zero-order valence-corrected chi connectivity index (χ0v) is 27.1. The van der Waals surface area contributed by atoms with Gasteiger partial charge in [-0.3, -0.25) is 9.67 Å². The third-order valence-electron chi connectivity index (χ3n) is 7.33. The lowest BCUT2D eigenvalue weighted by atomic mass is 9.91. The average molecular weight is 625 g/mol. The van der Waals surface area contributed by atoms with Crippen LogP contribution in [0.15, 0.2) is 73.1 Å². The number of thiazole rings is 1. The van der Waals surface area contributed by atoms with Crippen molar-refractivity contribution >= 4 is 50.0 Å². The SMILES string of the molecule is CCOC(=O)C(OC(C)(C)C)c1c(C)cc2nc(-c3ccc4c(c3)c(-c3cccnc3)nn4C)sc2c1-c1ccc(Cl)cc1. The van der Waals surface area contributed by atoms with Gasteiger partial charge in [0, 0.05) is 52.1 Å². The molecule has 0 N–H and O–H groups in total. The third-order valence-corrected chi connectivity index (χ3v) is 8.72. The first-order valence-corrected chi connectivity index (χ1v) is 15.7. The molecule has 3 aromatic carbocycles. The Bertz CT molecular complexity index is 1990. The van der Waals surface area contributed by atoms with Crippen molar-refractivity contribution in [3.63, 3.8) is 0 Å². The van der Waals surface area contributed by atoms with Gasteiger partial charge in [0.1, 0.15) is 10.7 Å². The second-order valence-electron chi connectivity index (χ2n) is 11.7. The molecule has 0 radical (unpaired) electrons. The van der Waals surface area contributed by atoms with Crippen LogP contribution in [-0.2, 0) is 21.3 Å². The van der Waals surface area contributed by atoms with Crippen LogP contribution in [0.5, 0.6) is 0 Å². The van der Waals surface area contributed by atoms with Gasteiger partial charge in [-0.1, -0.05) is 23.7 Å². The second kappa shape index (κ2) is 11.8. The van der Waals surface area contributed by atoms with Crippen LogP contribution in [0.3, 0.4) is 0 Å². The van der Waals surface area contributed by atoms with E-state index in [0.717, 1.165) is 65.2 Å². The molecule has 0 aliphatic rings. The molecule has 6 aromatic rings. The molecule has 0 aliphatic heterocycles. The monoisotopic (exact) mass is 624 g/mol. The van der Waals surface area contributed by atoms with Gasteiger partial charge in [-0.25, -0.2) is 9.78 Å². The Morgan fingerprint density at radius 2 is 1.80 bits per heavy atom. The summed E-state index contributed by atoms with van der Waals surface area (Å²) in [5.74, 6) is -0.421. The van der Waals surface area contributed by atoms with E-state index in [0.29, 0.717) is 5.02 Å². The number of carbonyl (C=O) groups excluding carboxylic acids is 1. The summed E-state index contributed by atoms with van der Waals surface area (Å²) in [4.78, 5) is 22.9. The summed E-state index contributed by atoms with van der Waals surface area (Å²) in [6.45, 7) is 9.86. The first kappa shape index (κ1) is 29.9. The molecule has 7 nitrogen and oxygen atoms in total. The van der Waals surface area contributed by atoms with Gasteiger partial charge in [-0.05, 0) is 94.3 Å². The highest BCUT2D eigenvalue weighted by atomic mass is 35.5. The van der Waals surface area contributed by atoms with Crippen molar-refractivity contribution in [1.82, 2.24) is 19.7 Å². The Morgan fingerprint density at radius 1 is 1.05 bits per heavy atom. The van der Waals surface area contributed by atoms with Crippen molar-refractivity contribution in [2.45, 2.75) is 46.3 Å². The Labute approximate surface area is 265 Å². The molecule has 0 saturated carbocycles. The Hall–Kier alpha value is -4.11. The van der Waals surface area contributed by atoms with Crippen molar-refractivity contribution < 1.29 is 14.3 Å². The first-order valence-electron chi connectivity index (χ1n) is 14.5. The average Bonchev–Trinajstić information content (AvgIpc) is 3.56. The number of halogens is 1. The molecule has 9 heteroatoms. The lowest BCUT2D eigenvalue weighted by Crippen LogP contribution is -2.29. The maximum atomic E-state index is 13.5. The van der Waals surface area contributed by atoms with Gasteiger partial charge < -0.3 is 9.47 Å². The molecule has 0 spiro atoms. The molecule has 1 unspecified atom stereocenters. The summed E-state index contributed by atoms with van der Waals surface area (Å²) < 4.78 is 14.8. The normalized spacial score (nSPS) is 12.6. The predicted molar refractivity (Wildman–Crippen MR) is 178 cm³/mol. The fraction of sp³-hybridized carbons (Fsp3) is 0.257. The number of ether oxygens (including phenoxy) is 2. The molecule has 0 fully saturated rings. The number of benzene rings is 3. The topological polar surface area (TPSA) is 79.1 Å². The minimum Gasteiger partial charge on any atom is -0.464 e. The van der Waals surface area contributed by atoms with Crippen LogP contribution in [0.2, 0.25) is 5.02 Å². The molecule has 0 aliphatic carbocycles. The van der Waals surface area contributed by atoms with E-state index in [1.807, 2.05) is 88.1 Å². The highest BCUT2D eigenvalue weighted by molar-refractivity contribution is 7.22. The van der Waals surface area contributed by atoms with Crippen molar-refractivity contribution in [2.75, 3.05) is 6.61 Å². The summed E-state index contributed by atoms with van der Waals surface area (Å²) in [6, 6.07) is 19.9. The summed E-state index contributed by atoms with van der Waals surface area (Å²) >= 11 is 7.89. The second-order valence-corrected chi connectivity index (χ2v) is 13.1. The molecule has 3 aromatic heterocycles. The number of rotatable bonds is 7. The lowest BCUT2D eigenvalue weighted by molar-refractivity contribution is -0.166. The minimum absolute atomic E-state index is 0.253. The number of carbonyl (C=O) groups is 1. The molecule has 0 amide bonds. The smallest absolute Gasteiger partial charge is 0.339 e. The van der Waals surface area contributed by atoms with E-state index in [4.69, 9.17) is 31.2 Å². The highest BCUT2D eigenvalue weighted by Gasteiger charge is 2.33. The van der Waals surface area contributed by atoms with E-state index in [9.17, 15) is 4.79 Å². The third kappa shape index (κ3) is 5.73. The molecule has 3 heterocycles. The maximum absolute atomic E-state index is 13.5. The van der Waals surface area contributed by atoms with Crippen LogP contribution in [-0.4, -0.2) is 37.9 Å². The Balaban J connectivity index is 1.58. The number of aryl methyl sites for hydroxylation is 2. The van der Waals surface area contributed by atoms with E-state index in [1.165, 1.54) is 0 Å². The summed E-state index contributed by atoms with van der Waals surface area (Å²) in [5.41, 5.74) is 7.53. The fourth-order valence-corrected chi connectivity index (χ4v) is 6.73. The van der Waals surface area contributed by atoms with Gasteiger partial charge >= 0.3 is 5.97 Å². The number of esters is 1. The summed E-state index contributed by atoms with van der Waals surface area (Å²) in [7, 11) is 1.95. The van der Waals surface area contributed by atoms with E-state index >= 15 is 0 Å². The number of nitrogens with zero attached hydrogens (tertiary/aromatic N) is 4. The predicted octanol–water partition coefficient (Wildman–Crippen LogP) is 8.96. The van der Waals surface area contributed by atoms with Crippen LogP contribution < -0.4 is 0 Å². The number of fused-ring (bicyclic) bond motifs is 2. The van der Waals surface area contributed by atoms with Crippen LogP contribution in [0, 0.1) is 6.92 Å². The molecule has 6 rings (SSSR count). The van der Waals surface area contributed by atoms with Gasteiger partial charge in [0.25, 0.3) is 0 Å².